The summed E-state index contributed by atoms with van der Waals surface area (Å²) in [6.45, 7) is 0.197. The average Bonchev–Trinajstić information content (AvgIpc) is 2.63. The van der Waals surface area contributed by atoms with Gasteiger partial charge in [-0.05, 0) is 60.7 Å². The molecule has 0 saturated carbocycles. The van der Waals surface area contributed by atoms with Gasteiger partial charge in [-0.2, -0.15) is 0 Å². The number of aromatic nitrogens is 1. The number of pyridine rings is 1. The van der Waals surface area contributed by atoms with Crippen molar-refractivity contribution in [1.29, 1.82) is 0 Å². The Morgan fingerprint density at radius 2 is 1.64 bits per heavy atom. The molecule has 7 heteroatoms. The van der Waals surface area contributed by atoms with Gasteiger partial charge in [0.15, 0.2) is 0 Å². The Morgan fingerprint density at radius 3 is 2.28 bits per heavy atom. The Labute approximate surface area is 146 Å². The fourth-order valence-electron chi connectivity index (χ4n) is 2.21. The normalized spacial score (nSPS) is 11.9. The van der Waals surface area contributed by atoms with Crippen LogP contribution in [0.25, 0.3) is 11.3 Å². The average molecular weight is 358 g/mol. The van der Waals surface area contributed by atoms with Crippen molar-refractivity contribution in [2.24, 2.45) is 0 Å². The van der Waals surface area contributed by atoms with Gasteiger partial charge in [-0.15, -0.1) is 0 Å². The van der Waals surface area contributed by atoms with Crippen LogP contribution >= 0.6 is 0 Å². The zero-order valence-corrected chi connectivity index (χ0v) is 13.9. The number of rotatable bonds is 6. The molecule has 0 aliphatic heterocycles. The van der Waals surface area contributed by atoms with Crippen LogP contribution in [-0.4, -0.2) is 13.7 Å². The maximum absolute atomic E-state index is 12.9. The Kier molecular flexibility index (Phi) is 5.49. The first-order chi connectivity index (χ1) is 12.1. The molecule has 0 saturated heterocycles. The number of halogens is 1. The topological polar surface area (TPSA) is 71.5 Å². The third-order valence-electron chi connectivity index (χ3n) is 3.38. The van der Waals surface area contributed by atoms with Gasteiger partial charge in [0, 0.05) is 5.56 Å². The molecule has 1 heterocycles. The van der Waals surface area contributed by atoms with E-state index in [1.165, 1.54) is 12.1 Å². The Balaban J connectivity index is 1.72. The second-order valence-electron chi connectivity index (χ2n) is 5.16. The lowest BCUT2D eigenvalue weighted by atomic mass is 10.1. The molecule has 0 aliphatic rings. The summed E-state index contributed by atoms with van der Waals surface area (Å²) in [5.41, 5.74) is 2.29. The van der Waals surface area contributed by atoms with E-state index in [1.54, 1.807) is 30.3 Å². The Morgan fingerprint density at radius 1 is 1.00 bits per heavy atom. The van der Waals surface area contributed by atoms with Crippen molar-refractivity contribution in [2.45, 2.75) is 6.54 Å². The first-order valence-corrected chi connectivity index (χ1v) is 8.55. The summed E-state index contributed by atoms with van der Waals surface area (Å²) < 4.78 is 40.4. The van der Waals surface area contributed by atoms with Crippen molar-refractivity contribution >= 4 is 11.3 Å². The van der Waals surface area contributed by atoms with Gasteiger partial charge in [-0.1, -0.05) is 6.07 Å². The van der Waals surface area contributed by atoms with Crippen LogP contribution in [0, 0.1) is 5.82 Å². The summed E-state index contributed by atoms with van der Waals surface area (Å²) in [6, 6.07) is 18.6. The highest BCUT2D eigenvalue weighted by molar-refractivity contribution is 7.77. The van der Waals surface area contributed by atoms with Crippen molar-refractivity contribution in [1.82, 2.24) is 9.71 Å². The van der Waals surface area contributed by atoms with E-state index in [9.17, 15) is 8.60 Å². The second kappa shape index (κ2) is 7.98. The minimum Gasteiger partial charge on any atom is -0.457 e. The maximum Gasteiger partial charge on any atom is 0.232 e. The zero-order chi connectivity index (χ0) is 17.6. The molecule has 0 bridgehead atoms. The highest BCUT2D eigenvalue weighted by Gasteiger charge is 2.04. The van der Waals surface area contributed by atoms with Crippen LogP contribution in [0.15, 0.2) is 66.7 Å². The highest BCUT2D eigenvalue weighted by Crippen LogP contribution is 2.25. The maximum atomic E-state index is 12.9. The lowest BCUT2D eigenvalue weighted by molar-refractivity contribution is 0.480. The summed E-state index contributed by atoms with van der Waals surface area (Å²) in [4.78, 5) is 4.45. The van der Waals surface area contributed by atoms with Crippen LogP contribution in [0.1, 0.15) is 5.69 Å². The second-order valence-corrected chi connectivity index (χ2v) is 5.95. The van der Waals surface area contributed by atoms with Gasteiger partial charge in [0.05, 0.1) is 17.9 Å². The van der Waals surface area contributed by atoms with E-state index in [-0.39, 0.29) is 12.4 Å². The lowest BCUT2D eigenvalue weighted by Crippen LogP contribution is -2.16. The van der Waals surface area contributed by atoms with E-state index < -0.39 is 11.3 Å². The van der Waals surface area contributed by atoms with E-state index in [0.717, 1.165) is 11.3 Å². The predicted molar refractivity (Wildman–Crippen MR) is 93.8 cm³/mol. The molecule has 2 aromatic carbocycles. The Hall–Kier alpha value is -2.61. The van der Waals surface area contributed by atoms with E-state index >= 15 is 0 Å². The molecule has 2 N–H and O–H groups in total. The van der Waals surface area contributed by atoms with Crippen molar-refractivity contribution < 1.29 is 17.9 Å². The summed E-state index contributed by atoms with van der Waals surface area (Å²) in [7, 11) is 0. The molecule has 1 atom stereocenters. The largest absolute Gasteiger partial charge is 0.457 e. The molecule has 25 heavy (non-hydrogen) atoms. The summed E-state index contributed by atoms with van der Waals surface area (Å²) >= 11 is -2.07. The number of nitrogens with one attached hydrogen (secondary N) is 1. The van der Waals surface area contributed by atoms with Crippen molar-refractivity contribution in [3.8, 4) is 22.8 Å². The van der Waals surface area contributed by atoms with Crippen LogP contribution in [0.2, 0.25) is 0 Å². The fourth-order valence-corrected chi connectivity index (χ4v) is 2.48. The smallest absolute Gasteiger partial charge is 0.232 e. The number of hydrogen-bond donors (Lipinski definition) is 2. The van der Waals surface area contributed by atoms with Gasteiger partial charge in [-0.3, -0.25) is 9.54 Å². The molecule has 3 rings (SSSR count). The number of benzene rings is 2. The number of hydrogen-bond acceptors (Lipinski definition) is 3. The molecule has 1 unspecified atom stereocenters. The highest BCUT2D eigenvalue weighted by atomic mass is 32.2. The van der Waals surface area contributed by atoms with Crippen molar-refractivity contribution in [3.05, 3.63) is 78.2 Å². The van der Waals surface area contributed by atoms with Crippen molar-refractivity contribution in [2.75, 3.05) is 0 Å². The van der Waals surface area contributed by atoms with Gasteiger partial charge in [-0.25, -0.2) is 13.3 Å². The summed E-state index contributed by atoms with van der Waals surface area (Å²) in [6.07, 6.45) is 0. The minimum absolute atomic E-state index is 0.197. The first-order valence-electron chi connectivity index (χ1n) is 7.44. The zero-order valence-electron chi connectivity index (χ0n) is 13.1. The molecule has 3 aromatic rings. The first kappa shape index (κ1) is 17.2. The molecule has 0 aliphatic carbocycles. The summed E-state index contributed by atoms with van der Waals surface area (Å²) in [5, 5.41) is 0. The summed E-state index contributed by atoms with van der Waals surface area (Å²) in [5.74, 6) is 0.870. The molecular formula is C18H15FN2O3S. The van der Waals surface area contributed by atoms with E-state index in [1.807, 2.05) is 24.3 Å². The van der Waals surface area contributed by atoms with Crippen LogP contribution in [0.4, 0.5) is 4.39 Å². The monoisotopic (exact) mass is 358 g/mol. The SMILES string of the molecule is O=S(O)NCc1cccc(-c2ccc(Oc3ccc(F)cc3)cc2)n1. The van der Waals surface area contributed by atoms with Crippen LogP contribution in [0.3, 0.4) is 0 Å². The molecule has 0 amide bonds. The molecule has 5 nitrogen and oxygen atoms in total. The third kappa shape index (κ3) is 4.93. The standard InChI is InChI=1S/C18H15FN2O3S/c19-14-6-10-17(11-7-14)24-16-8-4-13(5-9-16)18-3-1-2-15(21-18)12-20-25(22)23/h1-11,20H,12H2,(H,22,23). The molecule has 0 spiro atoms. The molecule has 1 aromatic heterocycles. The van der Waals surface area contributed by atoms with Gasteiger partial charge in [0.2, 0.25) is 11.3 Å². The van der Waals surface area contributed by atoms with Crippen LogP contribution in [-0.2, 0) is 17.8 Å². The van der Waals surface area contributed by atoms with E-state index in [4.69, 9.17) is 9.29 Å². The predicted octanol–water partition coefficient (Wildman–Crippen LogP) is 3.91. The molecule has 0 fully saturated rings. The van der Waals surface area contributed by atoms with Crippen LogP contribution in [0.5, 0.6) is 11.5 Å². The van der Waals surface area contributed by atoms with Crippen molar-refractivity contribution in [3.63, 3.8) is 0 Å². The van der Waals surface area contributed by atoms with Gasteiger partial charge in [0.25, 0.3) is 0 Å². The fraction of sp³-hybridized carbons (Fsp3) is 0.0556. The van der Waals surface area contributed by atoms with Crippen LogP contribution < -0.4 is 9.46 Å². The minimum atomic E-state index is -2.07. The van der Waals surface area contributed by atoms with E-state index in [0.29, 0.717) is 17.2 Å². The van der Waals surface area contributed by atoms with E-state index in [2.05, 4.69) is 9.71 Å². The number of nitrogens with zero attached hydrogens (tertiary/aromatic N) is 1. The molecule has 128 valence electrons. The van der Waals surface area contributed by atoms with Gasteiger partial charge in [0.1, 0.15) is 17.3 Å². The molecule has 0 radical (unpaired) electrons. The number of ether oxygens (including phenoxy) is 1. The lowest BCUT2D eigenvalue weighted by Gasteiger charge is -2.08. The third-order valence-corrected chi connectivity index (χ3v) is 3.77. The quantitative estimate of drug-likeness (QED) is 0.656. The van der Waals surface area contributed by atoms with Gasteiger partial charge >= 0.3 is 0 Å². The Bertz CT molecular complexity index is 870. The molecular weight excluding hydrogens is 343 g/mol. The van der Waals surface area contributed by atoms with Gasteiger partial charge < -0.3 is 4.74 Å².